The maximum Gasteiger partial charge on any atom is 0.226 e. The number of carbonyl (C=O) groups excluding carboxylic acids is 1. The van der Waals surface area contributed by atoms with Gasteiger partial charge in [0.25, 0.3) is 0 Å². The van der Waals surface area contributed by atoms with Gasteiger partial charge in [-0.25, -0.2) is 0 Å². The minimum Gasteiger partial charge on any atom is -0.339 e. The molecule has 5 nitrogen and oxygen atoms in total. The highest BCUT2D eigenvalue weighted by atomic mass is 16.5. The number of carbonyl (C=O) groups is 1. The van der Waals surface area contributed by atoms with Crippen LogP contribution in [0.5, 0.6) is 0 Å². The summed E-state index contributed by atoms with van der Waals surface area (Å²) in [6.07, 6.45) is 1.65. The summed E-state index contributed by atoms with van der Waals surface area (Å²) in [5, 5.41) is 6.98. The van der Waals surface area contributed by atoms with Crippen LogP contribution in [0.2, 0.25) is 0 Å². The van der Waals surface area contributed by atoms with E-state index in [1.807, 2.05) is 63.2 Å². The summed E-state index contributed by atoms with van der Waals surface area (Å²) in [5.41, 5.74) is 5.17. The fourth-order valence-electron chi connectivity index (χ4n) is 2.66. The van der Waals surface area contributed by atoms with Crippen molar-refractivity contribution in [1.29, 1.82) is 0 Å². The van der Waals surface area contributed by atoms with Gasteiger partial charge in [-0.15, -0.1) is 0 Å². The molecule has 0 aliphatic rings. The molecule has 26 heavy (non-hydrogen) atoms. The molecule has 0 aliphatic heterocycles. The molecule has 3 rings (SSSR count). The van der Waals surface area contributed by atoms with Crippen molar-refractivity contribution in [3.05, 3.63) is 65.0 Å². The molecular weight excluding hydrogens is 326 g/mol. The molecule has 0 saturated heterocycles. The highest BCUT2D eigenvalue weighted by Gasteiger charge is 2.10. The predicted molar refractivity (Wildman–Crippen MR) is 102 cm³/mol. The lowest BCUT2D eigenvalue weighted by Gasteiger charge is -2.08. The van der Waals surface area contributed by atoms with Crippen LogP contribution in [0.4, 0.5) is 5.69 Å². The second-order valence-electron chi connectivity index (χ2n) is 6.60. The average Bonchev–Trinajstić information content (AvgIpc) is 3.08. The molecule has 0 bridgehead atoms. The Morgan fingerprint density at radius 2 is 1.77 bits per heavy atom. The monoisotopic (exact) mass is 349 g/mol. The fourth-order valence-corrected chi connectivity index (χ4v) is 2.66. The Kier molecular flexibility index (Phi) is 5.46. The van der Waals surface area contributed by atoms with Gasteiger partial charge in [0.15, 0.2) is 0 Å². The van der Waals surface area contributed by atoms with E-state index >= 15 is 0 Å². The van der Waals surface area contributed by atoms with Crippen LogP contribution < -0.4 is 5.32 Å². The van der Waals surface area contributed by atoms with E-state index in [4.69, 9.17) is 4.52 Å². The molecule has 0 radical (unpaired) electrons. The normalized spacial score (nSPS) is 10.7. The van der Waals surface area contributed by atoms with Crippen molar-refractivity contribution >= 4 is 11.6 Å². The van der Waals surface area contributed by atoms with Crippen molar-refractivity contribution in [2.45, 2.75) is 40.0 Å². The smallest absolute Gasteiger partial charge is 0.226 e. The molecule has 0 fully saturated rings. The summed E-state index contributed by atoms with van der Waals surface area (Å²) in [6, 6.07) is 14.0. The molecule has 1 aromatic heterocycles. The van der Waals surface area contributed by atoms with Crippen molar-refractivity contribution in [2.24, 2.45) is 0 Å². The number of amides is 1. The third kappa shape index (κ3) is 4.57. The zero-order valence-electron chi connectivity index (χ0n) is 15.4. The first-order chi connectivity index (χ1) is 12.5. The molecule has 1 amide bonds. The molecule has 1 N–H and O–H groups in total. The summed E-state index contributed by atoms with van der Waals surface area (Å²) in [4.78, 5) is 16.6. The minimum atomic E-state index is -0.00280. The molecule has 0 aliphatic carbocycles. The Morgan fingerprint density at radius 3 is 2.54 bits per heavy atom. The largest absolute Gasteiger partial charge is 0.339 e. The van der Waals surface area contributed by atoms with Crippen LogP contribution in [-0.2, 0) is 11.2 Å². The number of benzene rings is 2. The molecule has 3 aromatic rings. The second-order valence-corrected chi connectivity index (χ2v) is 6.60. The van der Waals surface area contributed by atoms with Gasteiger partial charge >= 0.3 is 0 Å². The first-order valence-corrected chi connectivity index (χ1v) is 8.78. The van der Waals surface area contributed by atoms with Crippen molar-refractivity contribution < 1.29 is 9.32 Å². The van der Waals surface area contributed by atoms with Gasteiger partial charge in [0, 0.05) is 24.1 Å². The van der Waals surface area contributed by atoms with Gasteiger partial charge in [-0.05, 0) is 44.4 Å². The first kappa shape index (κ1) is 17.9. The first-order valence-electron chi connectivity index (χ1n) is 8.78. The van der Waals surface area contributed by atoms with Crippen LogP contribution in [0.3, 0.4) is 0 Å². The van der Waals surface area contributed by atoms with Gasteiger partial charge < -0.3 is 9.84 Å². The van der Waals surface area contributed by atoms with Crippen molar-refractivity contribution in [1.82, 2.24) is 10.1 Å². The van der Waals surface area contributed by atoms with Crippen LogP contribution in [0.1, 0.15) is 35.4 Å². The molecule has 2 aromatic carbocycles. The zero-order chi connectivity index (χ0) is 18.5. The number of aromatic nitrogens is 2. The van der Waals surface area contributed by atoms with Gasteiger partial charge in [-0.1, -0.05) is 47.1 Å². The summed E-state index contributed by atoms with van der Waals surface area (Å²) >= 11 is 0. The Hall–Kier alpha value is -2.95. The second kappa shape index (κ2) is 7.95. The van der Waals surface area contributed by atoms with E-state index in [1.165, 1.54) is 5.56 Å². The lowest BCUT2D eigenvalue weighted by molar-refractivity contribution is -0.116. The van der Waals surface area contributed by atoms with Crippen molar-refractivity contribution in [3.63, 3.8) is 0 Å². The predicted octanol–water partition coefficient (Wildman–Crippen LogP) is 4.62. The number of hydrogen-bond donors (Lipinski definition) is 1. The number of hydrogen-bond acceptors (Lipinski definition) is 4. The molecule has 0 atom stereocenters. The third-order valence-electron chi connectivity index (χ3n) is 4.24. The van der Waals surface area contributed by atoms with E-state index < -0.39 is 0 Å². The van der Waals surface area contributed by atoms with E-state index in [1.54, 1.807) is 0 Å². The van der Waals surface area contributed by atoms with Gasteiger partial charge in [0.05, 0.1) is 0 Å². The third-order valence-corrected chi connectivity index (χ3v) is 4.24. The molecule has 1 heterocycles. The SMILES string of the molecule is Cc1ccc(-c2noc(CCCC(=O)Nc3cc(C)ccc3C)n2)cc1. The Morgan fingerprint density at radius 1 is 1.04 bits per heavy atom. The van der Waals surface area contributed by atoms with E-state index in [0.717, 1.165) is 22.4 Å². The minimum absolute atomic E-state index is 0.00280. The summed E-state index contributed by atoms with van der Waals surface area (Å²) in [6.45, 7) is 6.03. The van der Waals surface area contributed by atoms with E-state index in [-0.39, 0.29) is 5.91 Å². The van der Waals surface area contributed by atoms with Gasteiger partial charge in [0.1, 0.15) is 0 Å². The molecule has 0 saturated carbocycles. The zero-order valence-corrected chi connectivity index (χ0v) is 15.4. The lowest BCUT2D eigenvalue weighted by Crippen LogP contribution is -2.12. The lowest BCUT2D eigenvalue weighted by atomic mass is 10.1. The highest BCUT2D eigenvalue weighted by Crippen LogP contribution is 2.18. The Balaban J connectivity index is 1.51. The van der Waals surface area contributed by atoms with Crippen LogP contribution in [0, 0.1) is 20.8 Å². The fraction of sp³-hybridized carbons (Fsp3) is 0.286. The maximum absolute atomic E-state index is 12.1. The Labute approximate surface area is 153 Å². The van der Waals surface area contributed by atoms with Gasteiger partial charge in [0.2, 0.25) is 17.6 Å². The summed E-state index contributed by atoms with van der Waals surface area (Å²) in [7, 11) is 0. The van der Waals surface area contributed by atoms with Crippen LogP contribution in [0.15, 0.2) is 47.0 Å². The quantitative estimate of drug-likeness (QED) is 0.705. The van der Waals surface area contributed by atoms with E-state index in [2.05, 4.69) is 15.5 Å². The number of rotatable bonds is 6. The number of aryl methyl sites for hydroxylation is 4. The van der Waals surface area contributed by atoms with Crippen LogP contribution in [-0.4, -0.2) is 16.0 Å². The number of nitrogens with one attached hydrogen (secondary N) is 1. The summed E-state index contributed by atoms with van der Waals surface area (Å²) < 4.78 is 5.29. The molecular formula is C21H23N3O2. The van der Waals surface area contributed by atoms with E-state index in [0.29, 0.717) is 31.0 Å². The number of nitrogens with zero attached hydrogens (tertiary/aromatic N) is 2. The van der Waals surface area contributed by atoms with Crippen LogP contribution in [0.25, 0.3) is 11.4 Å². The Bertz CT molecular complexity index is 898. The highest BCUT2D eigenvalue weighted by molar-refractivity contribution is 5.91. The standard InChI is InChI=1S/C21H23N3O2/c1-14-8-11-17(12-9-14)21-23-20(26-24-21)6-4-5-19(25)22-18-13-15(2)7-10-16(18)3/h7-13H,4-6H2,1-3H3,(H,22,25). The van der Waals surface area contributed by atoms with Crippen LogP contribution >= 0.6 is 0 Å². The van der Waals surface area contributed by atoms with Crippen molar-refractivity contribution in [2.75, 3.05) is 5.32 Å². The molecule has 134 valence electrons. The number of anilines is 1. The van der Waals surface area contributed by atoms with E-state index in [9.17, 15) is 4.79 Å². The molecule has 5 heteroatoms. The summed E-state index contributed by atoms with van der Waals surface area (Å²) in [5.74, 6) is 1.14. The molecule has 0 spiro atoms. The maximum atomic E-state index is 12.1. The topological polar surface area (TPSA) is 68.0 Å². The molecule has 0 unspecified atom stereocenters. The van der Waals surface area contributed by atoms with Crippen molar-refractivity contribution in [3.8, 4) is 11.4 Å². The van der Waals surface area contributed by atoms with Gasteiger partial charge in [-0.3, -0.25) is 4.79 Å². The average molecular weight is 349 g/mol. The van der Waals surface area contributed by atoms with Gasteiger partial charge in [-0.2, -0.15) is 4.98 Å².